The van der Waals surface area contributed by atoms with Crippen LogP contribution in [0.5, 0.6) is 0 Å². The summed E-state index contributed by atoms with van der Waals surface area (Å²) in [5, 5.41) is 0.548. The quantitative estimate of drug-likeness (QED) is 0.634. The minimum absolute atomic E-state index is 0.0321. The molecular weight excluding hydrogens is 265 g/mol. The number of alkyl halides is 3. The first-order valence-electron chi connectivity index (χ1n) is 5.62. The van der Waals surface area contributed by atoms with E-state index < -0.39 is 12.6 Å². The van der Waals surface area contributed by atoms with Crippen LogP contribution in [0.4, 0.5) is 13.2 Å². The molecule has 2 nitrogen and oxygen atoms in total. The third-order valence-electron chi connectivity index (χ3n) is 2.77. The highest BCUT2D eigenvalue weighted by atomic mass is 35.5. The molecule has 0 aliphatic heterocycles. The molecule has 18 heavy (non-hydrogen) atoms. The molecule has 0 heterocycles. The largest absolute Gasteiger partial charge is 0.389 e. The highest BCUT2D eigenvalue weighted by molar-refractivity contribution is 6.30. The molecule has 0 saturated carbocycles. The zero-order valence-corrected chi connectivity index (χ0v) is 10.8. The molecule has 0 saturated heterocycles. The van der Waals surface area contributed by atoms with E-state index in [0.29, 0.717) is 11.4 Å². The third-order valence-corrected chi connectivity index (χ3v) is 3.01. The number of halogens is 4. The predicted octanol–water partition coefficient (Wildman–Crippen LogP) is 3.89. The number of aryl methyl sites for hydroxylation is 1. The van der Waals surface area contributed by atoms with E-state index in [0.717, 1.165) is 11.1 Å². The number of benzene rings is 1. The summed E-state index contributed by atoms with van der Waals surface area (Å²) in [6.07, 6.45) is -4.57. The lowest BCUT2D eigenvalue weighted by molar-refractivity contribution is -0.135. The van der Waals surface area contributed by atoms with Crippen molar-refractivity contribution in [1.29, 1.82) is 0 Å². The SMILES string of the molecule is Cc1ccc(Cl)cc1C(CCCC(F)(F)F)NN. The Morgan fingerprint density at radius 1 is 1.39 bits per heavy atom. The molecule has 0 amide bonds. The van der Waals surface area contributed by atoms with Gasteiger partial charge in [-0.05, 0) is 43.0 Å². The fourth-order valence-corrected chi connectivity index (χ4v) is 2.00. The van der Waals surface area contributed by atoms with Gasteiger partial charge in [-0.1, -0.05) is 17.7 Å². The molecule has 1 rings (SSSR count). The first-order valence-corrected chi connectivity index (χ1v) is 6.00. The summed E-state index contributed by atoms with van der Waals surface area (Å²) in [5.74, 6) is 5.40. The topological polar surface area (TPSA) is 38.0 Å². The molecule has 0 spiro atoms. The normalized spacial score (nSPS) is 13.7. The summed E-state index contributed by atoms with van der Waals surface area (Å²) in [7, 11) is 0. The Labute approximate surface area is 109 Å². The summed E-state index contributed by atoms with van der Waals surface area (Å²) in [5.41, 5.74) is 4.34. The Morgan fingerprint density at radius 2 is 2.06 bits per heavy atom. The molecule has 0 aliphatic rings. The van der Waals surface area contributed by atoms with Crippen LogP contribution in [0.2, 0.25) is 5.02 Å². The van der Waals surface area contributed by atoms with Gasteiger partial charge in [0.2, 0.25) is 0 Å². The fraction of sp³-hybridized carbons (Fsp3) is 0.500. The maximum Gasteiger partial charge on any atom is 0.389 e. The van der Waals surface area contributed by atoms with E-state index in [4.69, 9.17) is 17.4 Å². The van der Waals surface area contributed by atoms with E-state index in [1.165, 1.54) is 0 Å². The number of rotatable bonds is 5. The van der Waals surface area contributed by atoms with Gasteiger partial charge in [0.1, 0.15) is 0 Å². The van der Waals surface area contributed by atoms with Crippen molar-refractivity contribution in [2.45, 2.75) is 38.4 Å². The molecule has 1 aromatic carbocycles. The molecule has 3 N–H and O–H groups in total. The van der Waals surface area contributed by atoms with Gasteiger partial charge in [0.25, 0.3) is 0 Å². The lowest BCUT2D eigenvalue weighted by Gasteiger charge is -2.19. The Hall–Kier alpha value is -0.780. The second-order valence-corrected chi connectivity index (χ2v) is 4.66. The van der Waals surface area contributed by atoms with Crippen LogP contribution in [0.3, 0.4) is 0 Å². The molecule has 6 heteroatoms. The van der Waals surface area contributed by atoms with E-state index in [2.05, 4.69) is 5.43 Å². The fourth-order valence-electron chi connectivity index (χ4n) is 1.82. The molecule has 102 valence electrons. The van der Waals surface area contributed by atoms with Crippen LogP contribution >= 0.6 is 11.6 Å². The van der Waals surface area contributed by atoms with Crippen molar-refractivity contribution in [3.63, 3.8) is 0 Å². The summed E-state index contributed by atoms with van der Waals surface area (Å²) < 4.78 is 36.2. The van der Waals surface area contributed by atoms with E-state index in [1.54, 1.807) is 12.1 Å². The van der Waals surface area contributed by atoms with Crippen LogP contribution in [0, 0.1) is 6.92 Å². The Morgan fingerprint density at radius 3 is 2.61 bits per heavy atom. The van der Waals surface area contributed by atoms with Gasteiger partial charge in [0, 0.05) is 17.5 Å². The van der Waals surface area contributed by atoms with Crippen LogP contribution in [0.15, 0.2) is 18.2 Å². The van der Waals surface area contributed by atoms with Crippen molar-refractivity contribution in [1.82, 2.24) is 5.43 Å². The molecule has 1 atom stereocenters. The lowest BCUT2D eigenvalue weighted by Crippen LogP contribution is -2.28. The summed E-state index contributed by atoms with van der Waals surface area (Å²) in [4.78, 5) is 0. The van der Waals surface area contributed by atoms with Crippen LogP contribution in [0.25, 0.3) is 0 Å². The number of nitrogens with two attached hydrogens (primary N) is 1. The number of hydrogen-bond donors (Lipinski definition) is 2. The molecule has 0 aliphatic carbocycles. The van der Waals surface area contributed by atoms with Crippen molar-refractivity contribution in [3.05, 3.63) is 34.3 Å². The Bertz CT molecular complexity index is 393. The smallest absolute Gasteiger partial charge is 0.271 e. The second-order valence-electron chi connectivity index (χ2n) is 4.23. The van der Waals surface area contributed by atoms with Crippen molar-refractivity contribution in [3.8, 4) is 0 Å². The first-order chi connectivity index (χ1) is 8.33. The van der Waals surface area contributed by atoms with Gasteiger partial charge in [-0.3, -0.25) is 11.3 Å². The Kier molecular flexibility index (Phi) is 5.44. The average molecular weight is 281 g/mol. The highest BCUT2D eigenvalue weighted by Crippen LogP contribution is 2.28. The van der Waals surface area contributed by atoms with Gasteiger partial charge in [-0.2, -0.15) is 13.2 Å². The van der Waals surface area contributed by atoms with Crippen LogP contribution in [-0.4, -0.2) is 6.18 Å². The molecular formula is C12H16ClF3N2. The van der Waals surface area contributed by atoms with Crippen LogP contribution in [0.1, 0.15) is 36.4 Å². The molecule has 1 aromatic rings. The maximum absolute atomic E-state index is 12.1. The number of nitrogens with one attached hydrogen (secondary N) is 1. The molecule has 0 fully saturated rings. The van der Waals surface area contributed by atoms with E-state index in [1.807, 2.05) is 13.0 Å². The summed E-state index contributed by atoms with van der Waals surface area (Å²) in [6, 6.07) is 4.98. The van der Waals surface area contributed by atoms with Crippen molar-refractivity contribution in [2.24, 2.45) is 5.84 Å². The van der Waals surface area contributed by atoms with Crippen molar-refractivity contribution in [2.75, 3.05) is 0 Å². The van der Waals surface area contributed by atoms with Gasteiger partial charge in [0.15, 0.2) is 0 Å². The molecule has 0 bridgehead atoms. The zero-order chi connectivity index (χ0) is 13.8. The lowest BCUT2D eigenvalue weighted by atomic mass is 9.97. The van der Waals surface area contributed by atoms with E-state index in [-0.39, 0.29) is 12.5 Å². The predicted molar refractivity (Wildman–Crippen MR) is 66.2 cm³/mol. The van der Waals surface area contributed by atoms with Gasteiger partial charge in [-0.15, -0.1) is 0 Å². The zero-order valence-electron chi connectivity index (χ0n) is 10.0. The van der Waals surface area contributed by atoms with Crippen molar-refractivity contribution < 1.29 is 13.2 Å². The standard InChI is InChI=1S/C12H16ClF3N2/c1-8-4-5-9(13)7-10(8)11(18-17)3-2-6-12(14,15)16/h4-5,7,11,18H,2-3,6,17H2,1H3. The van der Waals surface area contributed by atoms with Gasteiger partial charge < -0.3 is 0 Å². The second kappa shape index (κ2) is 6.41. The first kappa shape index (κ1) is 15.3. The molecule has 0 aromatic heterocycles. The van der Waals surface area contributed by atoms with E-state index >= 15 is 0 Å². The van der Waals surface area contributed by atoms with Gasteiger partial charge in [-0.25, -0.2) is 0 Å². The van der Waals surface area contributed by atoms with Crippen LogP contribution in [-0.2, 0) is 0 Å². The minimum atomic E-state index is -4.12. The summed E-state index contributed by atoms with van der Waals surface area (Å²) in [6.45, 7) is 1.87. The highest BCUT2D eigenvalue weighted by Gasteiger charge is 2.27. The third kappa shape index (κ3) is 4.84. The monoisotopic (exact) mass is 280 g/mol. The van der Waals surface area contributed by atoms with Gasteiger partial charge >= 0.3 is 6.18 Å². The van der Waals surface area contributed by atoms with Crippen molar-refractivity contribution >= 4 is 11.6 Å². The van der Waals surface area contributed by atoms with Crippen LogP contribution < -0.4 is 11.3 Å². The summed E-state index contributed by atoms with van der Waals surface area (Å²) >= 11 is 5.88. The van der Waals surface area contributed by atoms with Gasteiger partial charge in [0.05, 0.1) is 0 Å². The maximum atomic E-state index is 12.1. The molecule has 1 unspecified atom stereocenters. The minimum Gasteiger partial charge on any atom is -0.271 e. The molecule has 0 radical (unpaired) electrons. The number of hydrogen-bond acceptors (Lipinski definition) is 2. The number of hydrazine groups is 1. The average Bonchev–Trinajstić information content (AvgIpc) is 2.27. The van der Waals surface area contributed by atoms with E-state index in [9.17, 15) is 13.2 Å². The Balaban J connectivity index is 2.68.